The lowest BCUT2D eigenvalue weighted by atomic mass is 10.0. The molecule has 0 aromatic carbocycles. The van der Waals surface area contributed by atoms with Gasteiger partial charge >= 0.3 is 0 Å². The standard InChI is InChI=1S/C12H24N2O2/c1-13-5-3-10(7-13)8-14(2)11-9-16-6-4-12(11)15/h10-12,15H,3-9H2,1-2H3. The lowest BCUT2D eigenvalue weighted by Crippen LogP contribution is -2.49. The van der Waals surface area contributed by atoms with Crippen LogP contribution in [0.3, 0.4) is 0 Å². The van der Waals surface area contributed by atoms with Gasteiger partial charge in [0.25, 0.3) is 0 Å². The fourth-order valence-electron chi connectivity index (χ4n) is 2.85. The van der Waals surface area contributed by atoms with Gasteiger partial charge in [-0.15, -0.1) is 0 Å². The molecule has 0 aromatic rings. The fraction of sp³-hybridized carbons (Fsp3) is 1.00. The van der Waals surface area contributed by atoms with Gasteiger partial charge in [-0.3, -0.25) is 4.90 Å². The number of aliphatic hydroxyl groups excluding tert-OH is 1. The molecule has 4 nitrogen and oxygen atoms in total. The van der Waals surface area contributed by atoms with Crippen LogP contribution in [0.2, 0.25) is 0 Å². The zero-order valence-electron chi connectivity index (χ0n) is 10.4. The molecule has 4 heteroatoms. The number of hydrogen-bond acceptors (Lipinski definition) is 4. The van der Waals surface area contributed by atoms with Crippen molar-refractivity contribution in [3.63, 3.8) is 0 Å². The predicted octanol–water partition coefficient (Wildman–Crippen LogP) is 0.0197. The smallest absolute Gasteiger partial charge is 0.0739 e. The van der Waals surface area contributed by atoms with E-state index >= 15 is 0 Å². The number of hydrogen-bond donors (Lipinski definition) is 1. The molecule has 2 saturated heterocycles. The van der Waals surface area contributed by atoms with Crippen LogP contribution in [0.5, 0.6) is 0 Å². The molecule has 2 heterocycles. The normalized spacial score (nSPS) is 37.1. The van der Waals surface area contributed by atoms with Crippen LogP contribution in [0.1, 0.15) is 12.8 Å². The second kappa shape index (κ2) is 5.45. The van der Waals surface area contributed by atoms with Gasteiger partial charge in [0.2, 0.25) is 0 Å². The van der Waals surface area contributed by atoms with Crippen LogP contribution < -0.4 is 0 Å². The Morgan fingerprint density at radius 2 is 2.25 bits per heavy atom. The Morgan fingerprint density at radius 3 is 2.88 bits per heavy atom. The third-order valence-electron chi connectivity index (χ3n) is 3.89. The first-order valence-corrected chi connectivity index (χ1v) is 6.31. The zero-order valence-corrected chi connectivity index (χ0v) is 10.4. The summed E-state index contributed by atoms with van der Waals surface area (Å²) in [6.07, 6.45) is 1.85. The zero-order chi connectivity index (χ0) is 11.5. The van der Waals surface area contributed by atoms with Gasteiger partial charge in [-0.2, -0.15) is 0 Å². The van der Waals surface area contributed by atoms with Crippen molar-refractivity contribution in [1.82, 2.24) is 9.80 Å². The Kier molecular flexibility index (Phi) is 4.19. The average Bonchev–Trinajstić information content (AvgIpc) is 2.64. The number of likely N-dealkylation sites (N-methyl/N-ethyl adjacent to an activating group) is 1. The topological polar surface area (TPSA) is 35.9 Å². The molecule has 0 bridgehead atoms. The van der Waals surface area contributed by atoms with E-state index < -0.39 is 0 Å². The molecule has 2 fully saturated rings. The van der Waals surface area contributed by atoms with Crippen molar-refractivity contribution in [2.24, 2.45) is 5.92 Å². The van der Waals surface area contributed by atoms with Gasteiger partial charge in [0.15, 0.2) is 0 Å². The van der Waals surface area contributed by atoms with Crippen molar-refractivity contribution in [2.45, 2.75) is 25.0 Å². The summed E-state index contributed by atoms with van der Waals surface area (Å²) >= 11 is 0. The first-order valence-electron chi connectivity index (χ1n) is 6.31. The highest BCUT2D eigenvalue weighted by molar-refractivity contribution is 4.83. The Hall–Kier alpha value is -0.160. The molecule has 0 amide bonds. The highest BCUT2D eigenvalue weighted by atomic mass is 16.5. The van der Waals surface area contributed by atoms with Crippen LogP contribution in [0.25, 0.3) is 0 Å². The number of aliphatic hydroxyl groups is 1. The summed E-state index contributed by atoms with van der Waals surface area (Å²) in [5.74, 6) is 0.754. The molecule has 3 atom stereocenters. The van der Waals surface area contributed by atoms with Crippen LogP contribution in [-0.2, 0) is 4.74 Å². The first kappa shape index (κ1) is 12.3. The molecular formula is C12H24N2O2. The van der Waals surface area contributed by atoms with Gasteiger partial charge in [-0.1, -0.05) is 0 Å². The Bertz CT molecular complexity index is 225. The largest absolute Gasteiger partial charge is 0.391 e. The van der Waals surface area contributed by atoms with Crippen molar-refractivity contribution in [1.29, 1.82) is 0 Å². The van der Waals surface area contributed by atoms with E-state index in [-0.39, 0.29) is 12.1 Å². The maximum atomic E-state index is 9.93. The van der Waals surface area contributed by atoms with Crippen molar-refractivity contribution in [2.75, 3.05) is 46.9 Å². The van der Waals surface area contributed by atoms with E-state index in [2.05, 4.69) is 23.9 Å². The summed E-state index contributed by atoms with van der Waals surface area (Å²) < 4.78 is 5.45. The lowest BCUT2D eigenvalue weighted by Gasteiger charge is -2.36. The Labute approximate surface area is 98.2 Å². The monoisotopic (exact) mass is 228 g/mol. The summed E-state index contributed by atoms with van der Waals surface area (Å²) in [5.41, 5.74) is 0. The highest BCUT2D eigenvalue weighted by Gasteiger charge is 2.30. The molecule has 0 aromatic heterocycles. The maximum Gasteiger partial charge on any atom is 0.0739 e. The molecule has 16 heavy (non-hydrogen) atoms. The Morgan fingerprint density at radius 1 is 1.44 bits per heavy atom. The van der Waals surface area contributed by atoms with Crippen molar-refractivity contribution in [3.8, 4) is 0 Å². The van der Waals surface area contributed by atoms with E-state index in [1.807, 2.05) is 0 Å². The molecule has 2 rings (SSSR count). The molecule has 0 saturated carbocycles. The van der Waals surface area contributed by atoms with E-state index in [0.29, 0.717) is 13.2 Å². The minimum Gasteiger partial charge on any atom is -0.391 e. The molecule has 0 spiro atoms. The van der Waals surface area contributed by atoms with Crippen LogP contribution in [0, 0.1) is 5.92 Å². The molecular weight excluding hydrogens is 204 g/mol. The van der Waals surface area contributed by atoms with E-state index in [4.69, 9.17) is 4.74 Å². The van der Waals surface area contributed by atoms with E-state index in [1.165, 1.54) is 19.5 Å². The SMILES string of the molecule is CN1CCC(CN(C)C2COCCC2O)C1. The predicted molar refractivity (Wildman–Crippen MR) is 63.5 cm³/mol. The van der Waals surface area contributed by atoms with Gasteiger partial charge in [-0.25, -0.2) is 0 Å². The molecule has 2 aliphatic rings. The number of ether oxygens (including phenoxy) is 1. The molecule has 0 aliphatic carbocycles. The molecule has 2 aliphatic heterocycles. The van der Waals surface area contributed by atoms with Gasteiger partial charge in [0, 0.05) is 19.7 Å². The van der Waals surface area contributed by atoms with Gasteiger partial charge < -0.3 is 14.7 Å². The summed E-state index contributed by atoms with van der Waals surface area (Å²) in [6, 6.07) is 0.194. The highest BCUT2D eigenvalue weighted by Crippen LogP contribution is 2.19. The average molecular weight is 228 g/mol. The second-order valence-corrected chi connectivity index (χ2v) is 5.35. The summed E-state index contributed by atoms with van der Waals surface area (Å²) in [7, 11) is 4.29. The van der Waals surface area contributed by atoms with Gasteiger partial charge in [-0.05, 0) is 39.4 Å². The molecule has 1 N–H and O–H groups in total. The summed E-state index contributed by atoms with van der Waals surface area (Å²) in [4.78, 5) is 4.67. The minimum atomic E-state index is -0.210. The third-order valence-corrected chi connectivity index (χ3v) is 3.89. The molecule has 3 unspecified atom stereocenters. The van der Waals surface area contributed by atoms with Crippen LogP contribution in [0.15, 0.2) is 0 Å². The number of rotatable bonds is 3. The van der Waals surface area contributed by atoms with Crippen LogP contribution in [-0.4, -0.2) is 74.0 Å². The Balaban J connectivity index is 1.80. The van der Waals surface area contributed by atoms with Crippen molar-refractivity contribution >= 4 is 0 Å². The lowest BCUT2D eigenvalue weighted by molar-refractivity contribution is -0.0569. The van der Waals surface area contributed by atoms with E-state index in [9.17, 15) is 5.11 Å². The van der Waals surface area contributed by atoms with Crippen molar-refractivity contribution in [3.05, 3.63) is 0 Å². The van der Waals surface area contributed by atoms with Crippen LogP contribution in [0.4, 0.5) is 0 Å². The van der Waals surface area contributed by atoms with Crippen LogP contribution >= 0.6 is 0 Å². The molecule has 94 valence electrons. The quantitative estimate of drug-likeness (QED) is 0.739. The van der Waals surface area contributed by atoms with E-state index in [0.717, 1.165) is 18.9 Å². The first-order chi connectivity index (χ1) is 7.66. The fourth-order valence-corrected chi connectivity index (χ4v) is 2.85. The van der Waals surface area contributed by atoms with Crippen molar-refractivity contribution < 1.29 is 9.84 Å². The van der Waals surface area contributed by atoms with Gasteiger partial charge in [0.1, 0.15) is 0 Å². The summed E-state index contributed by atoms with van der Waals surface area (Å²) in [6.45, 7) is 4.86. The van der Waals surface area contributed by atoms with E-state index in [1.54, 1.807) is 0 Å². The third kappa shape index (κ3) is 2.94. The molecule has 0 radical (unpaired) electrons. The van der Waals surface area contributed by atoms with Gasteiger partial charge in [0.05, 0.1) is 18.8 Å². The number of likely N-dealkylation sites (tertiary alicyclic amines) is 1. The summed E-state index contributed by atoms with van der Waals surface area (Å²) in [5, 5.41) is 9.93. The second-order valence-electron chi connectivity index (χ2n) is 5.35. The maximum absolute atomic E-state index is 9.93. The number of nitrogens with zero attached hydrogens (tertiary/aromatic N) is 2. The minimum absolute atomic E-state index is 0.194.